The maximum Gasteiger partial charge on any atom is 0.416 e. The minimum atomic E-state index is -4.86. The van der Waals surface area contributed by atoms with Crippen LogP contribution in [0.25, 0.3) is 0 Å². The quantitative estimate of drug-likeness (QED) is 0.589. The molecule has 0 saturated heterocycles. The van der Waals surface area contributed by atoms with Crippen molar-refractivity contribution in [2.75, 3.05) is 0 Å². The van der Waals surface area contributed by atoms with Crippen LogP contribution in [0.4, 0.5) is 26.3 Å². The molecule has 0 aliphatic heterocycles. The molecule has 2 nitrogen and oxygen atoms in total. The third-order valence-electron chi connectivity index (χ3n) is 2.87. The van der Waals surface area contributed by atoms with Gasteiger partial charge in [-0.1, -0.05) is 0 Å². The van der Waals surface area contributed by atoms with Gasteiger partial charge >= 0.3 is 12.4 Å². The highest BCUT2D eigenvalue weighted by Crippen LogP contribution is 2.36. The molecule has 0 atom stereocenters. The van der Waals surface area contributed by atoms with Crippen molar-refractivity contribution < 1.29 is 26.3 Å². The molecule has 0 N–H and O–H groups in total. The SMILES string of the molecule is FC(F)(F)c1cc(CN=Cc2ccncc2)cc(C(F)(F)F)c1. The highest BCUT2D eigenvalue weighted by atomic mass is 19.4. The van der Waals surface area contributed by atoms with Gasteiger partial charge in [-0.05, 0) is 41.5 Å². The Bertz CT molecular complexity index is 657. The molecule has 0 radical (unpaired) electrons. The van der Waals surface area contributed by atoms with Gasteiger partial charge in [0.15, 0.2) is 0 Å². The summed E-state index contributed by atoms with van der Waals surface area (Å²) in [7, 11) is 0. The van der Waals surface area contributed by atoms with Gasteiger partial charge in [-0.2, -0.15) is 26.3 Å². The molecule has 0 spiro atoms. The lowest BCUT2D eigenvalue weighted by atomic mass is 10.0. The third kappa shape index (κ3) is 4.80. The number of benzene rings is 1. The zero-order valence-corrected chi connectivity index (χ0v) is 11.5. The van der Waals surface area contributed by atoms with E-state index in [-0.39, 0.29) is 18.2 Å². The second-order valence-corrected chi connectivity index (χ2v) is 4.66. The number of rotatable bonds is 3. The third-order valence-corrected chi connectivity index (χ3v) is 2.87. The largest absolute Gasteiger partial charge is 0.416 e. The predicted molar refractivity (Wildman–Crippen MR) is 72.0 cm³/mol. The lowest BCUT2D eigenvalue weighted by molar-refractivity contribution is -0.143. The van der Waals surface area contributed by atoms with Crippen molar-refractivity contribution >= 4 is 6.21 Å². The molecule has 2 aromatic rings. The average Bonchev–Trinajstić information content (AvgIpc) is 2.46. The van der Waals surface area contributed by atoms with Crippen LogP contribution in [0, 0.1) is 0 Å². The summed E-state index contributed by atoms with van der Waals surface area (Å²) in [6.07, 6.45) is -5.37. The summed E-state index contributed by atoms with van der Waals surface area (Å²) in [4.78, 5) is 7.65. The first-order valence-corrected chi connectivity index (χ1v) is 6.34. The number of nitrogens with zero attached hydrogens (tertiary/aromatic N) is 2. The van der Waals surface area contributed by atoms with Crippen molar-refractivity contribution in [3.8, 4) is 0 Å². The van der Waals surface area contributed by atoms with E-state index in [1.54, 1.807) is 12.1 Å². The van der Waals surface area contributed by atoms with Crippen LogP contribution in [-0.2, 0) is 18.9 Å². The standard InChI is InChI=1S/C15H10F6N2/c16-14(17,18)12-5-11(6-13(7-12)15(19,20)21)9-23-8-10-1-3-22-4-2-10/h1-8H,9H2. The zero-order valence-electron chi connectivity index (χ0n) is 11.5. The van der Waals surface area contributed by atoms with Crippen LogP contribution >= 0.6 is 0 Å². The van der Waals surface area contributed by atoms with E-state index in [9.17, 15) is 26.3 Å². The average molecular weight is 332 g/mol. The number of hydrogen-bond acceptors (Lipinski definition) is 2. The summed E-state index contributed by atoms with van der Waals surface area (Å²) < 4.78 is 76.3. The Kier molecular flexibility index (Phi) is 4.72. The van der Waals surface area contributed by atoms with E-state index in [2.05, 4.69) is 9.98 Å². The molecule has 0 unspecified atom stereocenters. The Labute approximate surface area is 127 Å². The van der Waals surface area contributed by atoms with Crippen LogP contribution < -0.4 is 0 Å². The molecular weight excluding hydrogens is 322 g/mol. The van der Waals surface area contributed by atoms with Gasteiger partial charge < -0.3 is 0 Å². The van der Waals surface area contributed by atoms with E-state index in [0.29, 0.717) is 17.7 Å². The first kappa shape index (κ1) is 17.0. The second-order valence-electron chi connectivity index (χ2n) is 4.66. The summed E-state index contributed by atoms with van der Waals surface area (Å²) in [6.45, 7) is -0.296. The van der Waals surface area contributed by atoms with E-state index in [1.165, 1.54) is 18.6 Å². The van der Waals surface area contributed by atoms with Gasteiger partial charge in [-0.3, -0.25) is 9.98 Å². The fourth-order valence-corrected chi connectivity index (χ4v) is 1.82. The Morgan fingerprint density at radius 3 is 1.87 bits per heavy atom. The molecule has 0 saturated carbocycles. The van der Waals surface area contributed by atoms with Crippen LogP contribution in [0.3, 0.4) is 0 Å². The van der Waals surface area contributed by atoms with E-state index in [0.717, 1.165) is 0 Å². The van der Waals surface area contributed by atoms with Gasteiger partial charge in [0.25, 0.3) is 0 Å². The van der Waals surface area contributed by atoms with Gasteiger partial charge in [0, 0.05) is 18.6 Å². The minimum Gasteiger partial charge on any atom is -0.288 e. The molecule has 0 fully saturated rings. The minimum absolute atomic E-state index is 0.0933. The van der Waals surface area contributed by atoms with E-state index >= 15 is 0 Å². The normalized spacial score (nSPS) is 12.8. The Morgan fingerprint density at radius 1 is 0.870 bits per heavy atom. The van der Waals surface area contributed by atoms with Crippen LogP contribution in [0.1, 0.15) is 22.3 Å². The second kappa shape index (κ2) is 6.39. The lowest BCUT2D eigenvalue weighted by Crippen LogP contribution is -2.11. The summed E-state index contributed by atoms with van der Waals surface area (Å²) in [5.41, 5.74) is -2.22. The molecule has 1 aromatic heterocycles. The number of pyridine rings is 1. The molecule has 0 aliphatic carbocycles. The molecule has 0 aliphatic rings. The monoisotopic (exact) mass is 332 g/mol. The number of aliphatic imine (C=N–C) groups is 1. The van der Waals surface area contributed by atoms with Crippen molar-refractivity contribution in [1.82, 2.24) is 4.98 Å². The van der Waals surface area contributed by atoms with Gasteiger partial charge in [0.05, 0.1) is 17.7 Å². The predicted octanol–water partition coefficient (Wildman–Crippen LogP) is 4.74. The first-order valence-electron chi connectivity index (χ1n) is 6.34. The van der Waals surface area contributed by atoms with Crippen molar-refractivity contribution in [1.29, 1.82) is 0 Å². The zero-order chi connectivity index (χ0) is 17.1. The molecule has 0 amide bonds. The van der Waals surface area contributed by atoms with E-state index < -0.39 is 23.5 Å². The van der Waals surface area contributed by atoms with Crippen LogP contribution in [0.5, 0.6) is 0 Å². The fraction of sp³-hybridized carbons (Fsp3) is 0.200. The van der Waals surface area contributed by atoms with Crippen molar-refractivity contribution in [2.45, 2.75) is 18.9 Å². The summed E-state index contributed by atoms with van der Waals surface area (Å²) >= 11 is 0. The number of alkyl halides is 6. The highest BCUT2D eigenvalue weighted by molar-refractivity contribution is 5.79. The van der Waals surface area contributed by atoms with Gasteiger partial charge in [-0.15, -0.1) is 0 Å². The van der Waals surface area contributed by atoms with Gasteiger partial charge in [-0.25, -0.2) is 0 Å². The molecular formula is C15H10F6N2. The number of aromatic nitrogens is 1. The molecule has 0 bridgehead atoms. The molecule has 23 heavy (non-hydrogen) atoms. The fourth-order valence-electron chi connectivity index (χ4n) is 1.82. The first-order chi connectivity index (χ1) is 10.7. The van der Waals surface area contributed by atoms with Gasteiger partial charge in [0.1, 0.15) is 0 Å². The Hall–Kier alpha value is -2.38. The van der Waals surface area contributed by atoms with E-state index in [1.807, 2.05) is 0 Å². The number of halogens is 6. The van der Waals surface area contributed by atoms with Crippen LogP contribution in [0.15, 0.2) is 47.7 Å². The van der Waals surface area contributed by atoms with Crippen LogP contribution in [0.2, 0.25) is 0 Å². The van der Waals surface area contributed by atoms with E-state index in [4.69, 9.17) is 0 Å². The van der Waals surface area contributed by atoms with Crippen LogP contribution in [-0.4, -0.2) is 11.2 Å². The smallest absolute Gasteiger partial charge is 0.288 e. The highest BCUT2D eigenvalue weighted by Gasteiger charge is 2.36. The summed E-state index contributed by atoms with van der Waals surface area (Å²) in [6, 6.07) is 4.64. The topological polar surface area (TPSA) is 25.2 Å². The summed E-state index contributed by atoms with van der Waals surface area (Å²) in [5, 5.41) is 0. The van der Waals surface area contributed by atoms with Crippen molar-refractivity contribution in [3.63, 3.8) is 0 Å². The Balaban J connectivity index is 2.29. The molecule has 1 heterocycles. The van der Waals surface area contributed by atoms with Crippen molar-refractivity contribution in [2.24, 2.45) is 4.99 Å². The molecule has 8 heteroatoms. The maximum absolute atomic E-state index is 12.7. The maximum atomic E-state index is 12.7. The lowest BCUT2D eigenvalue weighted by Gasteiger charge is -2.13. The molecule has 122 valence electrons. The molecule has 2 rings (SSSR count). The summed E-state index contributed by atoms with van der Waals surface area (Å²) in [5.74, 6) is 0. The number of hydrogen-bond donors (Lipinski definition) is 0. The van der Waals surface area contributed by atoms with Crippen molar-refractivity contribution in [3.05, 3.63) is 65.0 Å². The van der Waals surface area contributed by atoms with Gasteiger partial charge in [0.2, 0.25) is 0 Å². The Morgan fingerprint density at radius 2 is 1.39 bits per heavy atom. The molecule has 1 aromatic carbocycles.